The van der Waals surface area contributed by atoms with Gasteiger partial charge in [-0.2, -0.15) is 8.75 Å². The van der Waals surface area contributed by atoms with Gasteiger partial charge in [-0.05, 0) is 13.0 Å². The number of esters is 1. The maximum atomic E-state index is 11.7. The number of hydrogen-bond acceptors (Lipinski definition) is 9. The van der Waals surface area contributed by atoms with E-state index in [4.69, 9.17) is 0 Å². The van der Waals surface area contributed by atoms with E-state index in [0.717, 1.165) is 12.1 Å². The van der Waals surface area contributed by atoms with Crippen molar-refractivity contribution in [3.8, 4) is 0 Å². The van der Waals surface area contributed by atoms with Crippen LogP contribution in [0.5, 0.6) is 0 Å². The molecular formula is C10H8N4NaO6S+. The minimum Gasteiger partial charge on any atom is -0.461 e. The molecule has 110 valence electrons. The van der Waals surface area contributed by atoms with Crippen molar-refractivity contribution in [1.82, 2.24) is 8.75 Å². The molecule has 0 amide bonds. The van der Waals surface area contributed by atoms with Crippen LogP contribution in [0.2, 0.25) is 0 Å². The second kappa shape index (κ2) is 7.54. The second-order valence-electron chi connectivity index (χ2n) is 3.83. The van der Waals surface area contributed by atoms with Gasteiger partial charge in [0, 0.05) is 11.0 Å². The topological polar surface area (TPSA) is 138 Å². The third-order valence-electron chi connectivity index (χ3n) is 2.64. The van der Waals surface area contributed by atoms with Crippen LogP contribution in [0, 0.1) is 20.2 Å². The zero-order valence-electron chi connectivity index (χ0n) is 11.6. The van der Waals surface area contributed by atoms with Crippen molar-refractivity contribution in [1.29, 1.82) is 0 Å². The third-order valence-corrected chi connectivity index (χ3v) is 3.17. The fourth-order valence-corrected chi connectivity index (χ4v) is 2.36. The maximum absolute atomic E-state index is 11.7. The van der Waals surface area contributed by atoms with Crippen LogP contribution in [-0.2, 0) is 9.53 Å². The van der Waals surface area contributed by atoms with Gasteiger partial charge in [-0.3, -0.25) is 20.2 Å². The third kappa shape index (κ3) is 3.38. The molecule has 22 heavy (non-hydrogen) atoms. The van der Waals surface area contributed by atoms with Gasteiger partial charge >= 0.3 is 41.6 Å². The Morgan fingerprint density at radius 2 is 1.95 bits per heavy atom. The fourth-order valence-electron chi connectivity index (χ4n) is 1.79. The Morgan fingerprint density at radius 3 is 2.50 bits per heavy atom. The summed E-state index contributed by atoms with van der Waals surface area (Å²) in [6.07, 6.45) is 0. The van der Waals surface area contributed by atoms with Crippen LogP contribution in [0.4, 0.5) is 5.69 Å². The van der Waals surface area contributed by atoms with E-state index < -0.39 is 21.9 Å². The van der Waals surface area contributed by atoms with Crippen LogP contribution in [0.1, 0.15) is 18.5 Å². The Kier molecular flexibility index (Phi) is 6.29. The number of non-ortho nitro benzene ring substituents is 1. The molecule has 1 aromatic heterocycles. The van der Waals surface area contributed by atoms with Crippen molar-refractivity contribution in [2.75, 3.05) is 6.61 Å². The summed E-state index contributed by atoms with van der Waals surface area (Å²) in [5, 5.41) is 22.0. The summed E-state index contributed by atoms with van der Waals surface area (Å²) in [5.74, 6) is -1.05. The largest absolute Gasteiger partial charge is 1.00 e. The summed E-state index contributed by atoms with van der Waals surface area (Å²) in [6, 6.07) is 0.401. The number of benzene rings is 1. The minimum absolute atomic E-state index is 0. The van der Waals surface area contributed by atoms with Crippen LogP contribution in [0.3, 0.4) is 0 Å². The number of nitro benzene ring substituents is 1. The molecule has 0 fully saturated rings. The Balaban J connectivity index is 0.00000242. The van der Waals surface area contributed by atoms with Crippen molar-refractivity contribution < 1.29 is 48.9 Å². The number of carbonyl (C=O) groups is 1. The SMILES string of the molecule is CCOC(=O)C(c1ccc([N+](=O)[O-])c2nsnc12)[N+](=O)[O-].[Na+]. The molecular weight excluding hydrogens is 327 g/mol. The number of nitro groups is 2. The van der Waals surface area contributed by atoms with Crippen molar-refractivity contribution in [2.24, 2.45) is 0 Å². The molecule has 0 spiro atoms. The first-order valence-electron chi connectivity index (χ1n) is 5.67. The molecule has 1 heterocycles. The smallest absolute Gasteiger partial charge is 0.461 e. The van der Waals surface area contributed by atoms with Gasteiger partial charge in [0.25, 0.3) is 5.69 Å². The number of ether oxygens (including phenoxy) is 1. The Hall–Kier alpha value is -1.69. The number of rotatable bonds is 5. The minimum atomic E-state index is -1.79. The van der Waals surface area contributed by atoms with Gasteiger partial charge in [-0.15, -0.1) is 0 Å². The molecule has 2 aromatic rings. The first-order valence-corrected chi connectivity index (χ1v) is 6.40. The zero-order chi connectivity index (χ0) is 15.6. The Bertz CT molecular complexity index is 735. The Morgan fingerprint density at radius 1 is 1.32 bits per heavy atom. The average Bonchev–Trinajstić information content (AvgIpc) is 2.87. The second-order valence-corrected chi connectivity index (χ2v) is 4.36. The fraction of sp³-hybridized carbons (Fsp3) is 0.300. The monoisotopic (exact) mass is 335 g/mol. The predicted octanol–water partition coefficient (Wildman–Crippen LogP) is -1.52. The van der Waals surface area contributed by atoms with Gasteiger partial charge < -0.3 is 4.74 Å². The summed E-state index contributed by atoms with van der Waals surface area (Å²) in [6.45, 7) is 1.50. The van der Waals surface area contributed by atoms with E-state index in [-0.39, 0.29) is 58.4 Å². The van der Waals surface area contributed by atoms with Crippen LogP contribution < -0.4 is 29.6 Å². The summed E-state index contributed by atoms with van der Waals surface area (Å²) in [7, 11) is 0. The summed E-state index contributed by atoms with van der Waals surface area (Å²) in [5.41, 5.74) is -0.524. The summed E-state index contributed by atoms with van der Waals surface area (Å²) >= 11 is 0.674. The van der Waals surface area contributed by atoms with Gasteiger partial charge in [0.2, 0.25) is 0 Å². The molecule has 0 radical (unpaired) electrons. The van der Waals surface area contributed by atoms with Gasteiger partial charge in [-0.1, -0.05) is 0 Å². The molecule has 0 saturated heterocycles. The van der Waals surface area contributed by atoms with Crippen LogP contribution in [0.25, 0.3) is 11.0 Å². The normalized spacial score (nSPS) is 11.5. The van der Waals surface area contributed by atoms with Gasteiger partial charge in [-0.25, -0.2) is 4.79 Å². The molecule has 0 bridgehead atoms. The molecule has 10 nitrogen and oxygen atoms in total. The van der Waals surface area contributed by atoms with Crippen molar-refractivity contribution in [3.05, 3.63) is 37.9 Å². The van der Waals surface area contributed by atoms with Crippen molar-refractivity contribution >= 4 is 34.4 Å². The average molecular weight is 335 g/mol. The van der Waals surface area contributed by atoms with Crippen LogP contribution in [0.15, 0.2) is 12.1 Å². The molecule has 0 saturated carbocycles. The van der Waals surface area contributed by atoms with Crippen molar-refractivity contribution in [3.63, 3.8) is 0 Å². The first kappa shape index (κ1) is 18.4. The molecule has 1 atom stereocenters. The van der Waals surface area contributed by atoms with E-state index in [0.29, 0.717) is 11.7 Å². The van der Waals surface area contributed by atoms with Crippen LogP contribution in [-0.4, -0.2) is 31.2 Å². The number of nitrogens with zero attached hydrogens (tertiary/aromatic N) is 4. The summed E-state index contributed by atoms with van der Waals surface area (Å²) in [4.78, 5) is 32.2. The number of aromatic nitrogens is 2. The zero-order valence-corrected chi connectivity index (χ0v) is 14.4. The van der Waals surface area contributed by atoms with Crippen LogP contribution >= 0.6 is 11.7 Å². The van der Waals surface area contributed by atoms with Gasteiger partial charge in [0.1, 0.15) is 5.52 Å². The van der Waals surface area contributed by atoms with E-state index in [1.807, 2.05) is 0 Å². The molecule has 0 N–H and O–H groups in total. The quantitative estimate of drug-likeness (QED) is 0.278. The molecule has 12 heteroatoms. The van der Waals surface area contributed by atoms with E-state index in [2.05, 4.69) is 13.5 Å². The standard InChI is InChI=1S/C10H8N4O6S.Na/c1-2-20-10(15)9(14(18)19)5-3-4-6(13(16)17)8-7(5)11-21-12-8;/h3-4,9H,2H2,1H3;/q;+1. The molecule has 2 rings (SSSR count). The maximum Gasteiger partial charge on any atom is 1.00 e. The van der Waals surface area contributed by atoms with Gasteiger partial charge in [0.05, 0.1) is 28.8 Å². The van der Waals surface area contributed by atoms with Crippen molar-refractivity contribution in [2.45, 2.75) is 13.0 Å². The molecule has 0 aliphatic heterocycles. The number of carbonyl (C=O) groups excluding carboxylic acids is 1. The number of fused-ring (bicyclic) bond motifs is 1. The first-order chi connectivity index (χ1) is 9.97. The Labute approximate surface area is 149 Å². The van der Waals surface area contributed by atoms with E-state index in [1.165, 1.54) is 6.92 Å². The number of hydrogen-bond donors (Lipinski definition) is 0. The molecule has 1 unspecified atom stereocenters. The molecule has 1 aromatic carbocycles. The van der Waals surface area contributed by atoms with E-state index >= 15 is 0 Å². The van der Waals surface area contributed by atoms with Gasteiger partial charge in [0.15, 0.2) is 5.52 Å². The summed E-state index contributed by atoms with van der Waals surface area (Å²) < 4.78 is 12.2. The predicted molar refractivity (Wildman–Crippen MR) is 70.4 cm³/mol. The molecule has 0 aliphatic carbocycles. The molecule has 0 aliphatic rings. The van der Waals surface area contributed by atoms with E-state index in [1.54, 1.807) is 0 Å². The van der Waals surface area contributed by atoms with E-state index in [9.17, 15) is 25.0 Å².